The summed E-state index contributed by atoms with van der Waals surface area (Å²) < 4.78 is 26.0. The first-order valence-corrected chi connectivity index (χ1v) is 12.4. The molecule has 1 fully saturated rings. The fraction of sp³-hybridized carbons (Fsp3) is 0.480. The molecule has 5 atom stereocenters. The third-order valence-corrected chi connectivity index (χ3v) is 6.01. The zero-order valence-corrected chi connectivity index (χ0v) is 21.5. The van der Waals surface area contributed by atoms with Crippen molar-refractivity contribution < 1.29 is 38.5 Å². The molecule has 1 aliphatic heterocycles. The minimum atomic E-state index is -1.49. The number of anilines is 1. The molecule has 14 heteroatoms. The lowest BCUT2D eigenvalue weighted by molar-refractivity contribution is -0.119. The molecule has 3 amide bonds. The Kier molecular flexibility index (Phi) is 10.5. The fourth-order valence-electron chi connectivity index (χ4n) is 3.89. The predicted molar refractivity (Wildman–Crippen MR) is 135 cm³/mol. The minimum Gasteiger partial charge on any atom is -0.445 e. The lowest BCUT2D eigenvalue weighted by Crippen LogP contribution is -2.44. The maximum atomic E-state index is 14.8. The van der Waals surface area contributed by atoms with Gasteiger partial charge in [-0.3, -0.25) is 14.2 Å². The van der Waals surface area contributed by atoms with Crippen molar-refractivity contribution in [1.29, 1.82) is 0 Å². The Bertz CT molecular complexity index is 1210. The second kappa shape index (κ2) is 13.8. The van der Waals surface area contributed by atoms with E-state index in [1.807, 2.05) is 6.07 Å². The zero-order chi connectivity index (χ0) is 28.5. The summed E-state index contributed by atoms with van der Waals surface area (Å²) in [5.41, 5.74) is -0.312. The predicted octanol–water partition coefficient (Wildman–Crippen LogP) is 0.561. The van der Waals surface area contributed by atoms with Gasteiger partial charge in [0.05, 0.1) is 12.3 Å². The van der Waals surface area contributed by atoms with Crippen LogP contribution in [-0.2, 0) is 25.7 Å². The van der Waals surface area contributed by atoms with Crippen LogP contribution in [0.25, 0.3) is 0 Å². The smallest absolute Gasteiger partial charge is 0.408 e. The number of carbonyl (C=O) groups excluding carboxylic acids is 3. The molecule has 0 bridgehead atoms. The van der Waals surface area contributed by atoms with Gasteiger partial charge >= 0.3 is 11.8 Å². The van der Waals surface area contributed by atoms with Gasteiger partial charge in [-0.25, -0.2) is 14.0 Å². The molecule has 0 radical (unpaired) electrons. The molecule has 3 rings (SSSR count). The molecular weight excluding hydrogens is 517 g/mol. The molecule has 13 nitrogen and oxygen atoms in total. The van der Waals surface area contributed by atoms with Crippen LogP contribution >= 0.6 is 0 Å². The van der Waals surface area contributed by atoms with Crippen molar-refractivity contribution in [2.24, 2.45) is 0 Å². The van der Waals surface area contributed by atoms with Crippen molar-refractivity contribution in [2.75, 3.05) is 11.9 Å². The number of nitrogens with one attached hydrogen (secondary N) is 3. The van der Waals surface area contributed by atoms with Crippen molar-refractivity contribution in [1.82, 2.24) is 20.2 Å². The second-order valence-corrected chi connectivity index (χ2v) is 9.07. The summed E-state index contributed by atoms with van der Waals surface area (Å²) in [5, 5.41) is 27.2. The molecule has 1 aromatic carbocycles. The summed E-state index contributed by atoms with van der Waals surface area (Å²) in [7, 11) is 0. The van der Waals surface area contributed by atoms with Gasteiger partial charge in [0.15, 0.2) is 17.9 Å². The van der Waals surface area contributed by atoms with Gasteiger partial charge in [0.2, 0.25) is 11.8 Å². The van der Waals surface area contributed by atoms with Gasteiger partial charge < -0.3 is 35.6 Å². The number of aromatic nitrogens is 2. The first-order chi connectivity index (χ1) is 18.6. The maximum absolute atomic E-state index is 14.8. The van der Waals surface area contributed by atoms with Crippen LogP contribution in [0.5, 0.6) is 0 Å². The Balaban J connectivity index is 1.68. The van der Waals surface area contributed by atoms with Crippen LogP contribution in [0.1, 0.15) is 44.9 Å². The van der Waals surface area contributed by atoms with Crippen LogP contribution in [0.3, 0.4) is 0 Å². The molecule has 39 heavy (non-hydrogen) atoms. The SMILES string of the molecule is CC(=O)NCCCCC(NC(=O)OCc1ccccc1)C(=O)Nc1nc(=O)n(C2OC(C)C(O)C2O)cc1F. The summed E-state index contributed by atoms with van der Waals surface area (Å²) in [6.07, 6.45) is -4.12. The van der Waals surface area contributed by atoms with Crippen molar-refractivity contribution in [3.05, 3.63) is 58.4 Å². The van der Waals surface area contributed by atoms with E-state index in [-0.39, 0.29) is 18.9 Å². The highest BCUT2D eigenvalue weighted by atomic mass is 19.1. The highest BCUT2D eigenvalue weighted by Gasteiger charge is 2.42. The molecule has 1 aliphatic rings. The first kappa shape index (κ1) is 29.7. The first-order valence-electron chi connectivity index (χ1n) is 12.4. The largest absolute Gasteiger partial charge is 0.445 e. The Labute approximate surface area is 223 Å². The molecule has 0 aliphatic carbocycles. The number of carbonyl (C=O) groups is 3. The van der Waals surface area contributed by atoms with Gasteiger partial charge in [0.25, 0.3) is 0 Å². The minimum absolute atomic E-state index is 0.0413. The van der Waals surface area contributed by atoms with Crippen molar-refractivity contribution in [3.63, 3.8) is 0 Å². The molecule has 2 aromatic rings. The van der Waals surface area contributed by atoms with Crippen LogP contribution in [-0.4, -0.2) is 68.6 Å². The van der Waals surface area contributed by atoms with E-state index in [0.29, 0.717) is 30.2 Å². The molecular formula is C25H32FN5O8. The quantitative estimate of drug-likeness (QED) is 0.250. The highest BCUT2D eigenvalue weighted by molar-refractivity contribution is 5.95. The number of alkyl carbamates (subject to hydrolysis) is 1. The molecule has 212 valence electrons. The summed E-state index contributed by atoms with van der Waals surface area (Å²) in [4.78, 5) is 52.5. The normalized spacial score (nSPS) is 21.2. The third-order valence-electron chi connectivity index (χ3n) is 6.01. The summed E-state index contributed by atoms with van der Waals surface area (Å²) in [6, 6.07) is 7.70. The topological polar surface area (TPSA) is 181 Å². The van der Waals surface area contributed by atoms with Crippen molar-refractivity contribution >= 4 is 23.7 Å². The molecule has 0 saturated carbocycles. The summed E-state index contributed by atoms with van der Waals surface area (Å²) in [6.45, 7) is 3.17. The van der Waals surface area contributed by atoms with E-state index in [1.165, 1.54) is 13.8 Å². The van der Waals surface area contributed by atoms with Crippen LogP contribution in [0.15, 0.2) is 41.3 Å². The van der Waals surface area contributed by atoms with E-state index in [4.69, 9.17) is 9.47 Å². The number of halogens is 1. The van der Waals surface area contributed by atoms with E-state index in [2.05, 4.69) is 20.9 Å². The highest BCUT2D eigenvalue weighted by Crippen LogP contribution is 2.28. The Morgan fingerprint density at radius 1 is 1.18 bits per heavy atom. The maximum Gasteiger partial charge on any atom is 0.408 e. The van der Waals surface area contributed by atoms with Crippen LogP contribution in [0.4, 0.5) is 15.0 Å². The van der Waals surface area contributed by atoms with E-state index in [9.17, 15) is 33.8 Å². The second-order valence-electron chi connectivity index (χ2n) is 9.07. The Hall–Kier alpha value is -3.88. The van der Waals surface area contributed by atoms with E-state index in [0.717, 1.165) is 5.56 Å². The summed E-state index contributed by atoms with van der Waals surface area (Å²) in [5.74, 6) is -2.85. The van der Waals surface area contributed by atoms with E-state index in [1.54, 1.807) is 24.3 Å². The number of hydrogen-bond donors (Lipinski definition) is 5. The average molecular weight is 550 g/mol. The number of aliphatic hydroxyl groups is 2. The van der Waals surface area contributed by atoms with Gasteiger partial charge in [-0.15, -0.1) is 0 Å². The standard InChI is InChI=1S/C25H32FN5O8/c1-14-19(33)20(34)23(39-14)31-12-17(26)21(30-24(31)36)29-22(35)18(10-6-7-11-27-15(2)32)28-25(37)38-13-16-8-4-3-5-9-16/h3-5,8-9,12,14,18-20,23,33-34H,6-7,10-11,13H2,1-2H3,(H,27,32)(H,28,37)(H,29,30,35,36). The molecule has 5 N–H and O–H groups in total. The lowest BCUT2D eigenvalue weighted by atomic mass is 10.1. The zero-order valence-electron chi connectivity index (χ0n) is 21.5. The van der Waals surface area contributed by atoms with Crippen LogP contribution in [0.2, 0.25) is 0 Å². The molecule has 1 aromatic heterocycles. The Morgan fingerprint density at radius 3 is 2.54 bits per heavy atom. The Morgan fingerprint density at radius 2 is 1.90 bits per heavy atom. The van der Waals surface area contributed by atoms with E-state index >= 15 is 0 Å². The van der Waals surface area contributed by atoms with Crippen LogP contribution < -0.4 is 21.6 Å². The van der Waals surface area contributed by atoms with Crippen molar-refractivity contribution in [2.45, 2.75) is 70.3 Å². The molecule has 5 unspecified atom stereocenters. The van der Waals surface area contributed by atoms with E-state index < -0.39 is 59.9 Å². The van der Waals surface area contributed by atoms with Crippen molar-refractivity contribution in [3.8, 4) is 0 Å². The van der Waals surface area contributed by atoms with Gasteiger partial charge in [-0.05, 0) is 31.7 Å². The fourth-order valence-corrected chi connectivity index (χ4v) is 3.89. The third kappa shape index (κ3) is 8.30. The number of benzene rings is 1. The van der Waals surface area contributed by atoms with Gasteiger partial charge in [0, 0.05) is 13.5 Å². The number of ether oxygens (including phenoxy) is 2. The number of unbranched alkanes of at least 4 members (excludes halogenated alkanes) is 1. The summed E-state index contributed by atoms with van der Waals surface area (Å²) >= 11 is 0. The number of hydrogen-bond acceptors (Lipinski definition) is 9. The van der Waals surface area contributed by atoms with Gasteiger partial charge in [0.1, 0.15) is 24.9 Å². The van der Waals surface area contributed by atoms with Crippen LogP contribution in [0, 0.1) is 5.82 Å². The van der Waals surface area contributed by atoms with Gasteiger partial charge in [-0.1, -0.05) is 30.3 Å². The number of rotatable bonds is 11. The molecule has 1 saturated heterocycles. The lowest BCUT2D eigenvalue weighted by Gasteiger charge is -2.20. The number of amides is 3. The molecule has 0 spiro atoms. The number of nitrogens with zero attached hydrogens (tertiary/aromatic N) is 2. The molecule has 2 heterocycles. The monoisotopic (exact) mass is 549 g/mol. The average Bonchev–Trinajstić information content (AvgIpc) is 3.15. The van der Waals surface area contributed by atoms with Gasteiger partial charge in [-0.2, -0.15) is 4.98 Å². The number of aliphatic hydroxyl groups excluding tert-OH is 2.